The van der Waals surface area contributed by atoms with Crippen molar-refractivity contribution in [1.82, 2.24) is 25.3 Å². The molecule has 1 aliphatic heterocycles. The summed E-state index contributed by atoms with van der Waals surface area (Å²) in [6.45, 7) is 2.60. The van der Waals surface area contributed by atoms with Gasteiger partial charge in [-0.15, -0.1) is 0 Å². The van der Waals surface area contributed by atoms with Crippen molar-refractivity contribution >= 4 is 17.5 Å². The fourth-order valence-electron chi connectivity index (χ4n) is 3.50. The molecule has 3 aromatic rings. The number of benzene rings is 1. The first-order chi connectivity index (χ1) is 14.2. The lowest BCUT2D eigenvalue weighted by Crippen LogP contribution is -2.42. The van der Waals surface area contributed by atoms with Crippen LogP contribution in [0.1, 0.15) is 24.3 Å². The molecular weight excluding hydrogens is 390 g/mol. The zero-order chi connectivity index (χ0) is 20.1. The van der Waals surface area contributed by atoms with Crippen LogP contribution in [0, 0.1) is 5.92 Å². The Bertz CT molecular complexity index is 962. The minimum Gasteiger partial charge on any atom is -0.352 e. The second kappa shape index (κ2) is 9.15. The van der Waals surface area contributed by atoms with Crippen molar-refractivity contribution in [3.63, 3.8) is 0 Å². The Balaban J connectivity index is 1.32. The number of pyridine rings is 1. The molecule has 0 saturated carbocycles. The van der Waals surface area contributed by atoms with Crippen molar-refractivity contribution in [1.29, 1.82) is 0 Å². The minimum atomic E-state index is -0.0456. The van der Waals surface area contributed by atoms with E-state index in [-0.39, 0.29) is 11.8 Å². The van der Waals surface area contributed by atoms with Crippen LogP contribution < -0.4 is 5.32 Å². The van der Waals surface area contributed by atoms with E-state index in [2.05, 4.69) is 25.3 Å². The van der Waals surface area contributed by atoms with Crippen LogP contribution in [0.5, 0.6) is 0 Å². The van der Waals surface area contributed by atoms with E-state index in [1.54, 1.807) is 24.5 Å². The highest BCUT2D eigenvalue weighted by Gasteiger charge is 2.26. The third-order valence-corrected chi connectivity index (χ3v) is 5.21. The van der Waals surface area contributed by atoms with Crippen LogP contribution in [0.3, 0.4) is 0 Å². The van der Waals surface area contributed by atoms with Gasteiger partial charge in [0, 0.05) is 36.1 Å². The van der Waals surface area contributed by atoms with Crippen LogP contribution in [0.4, 0.5) is 0 Å². The van der Waals surface area contributed by atoms with Gasteiger partial charge in [0.05, 0.1) is 12.5 Å². The zero-order valence-corrected chi connectivity index (χ0v) is 16.7. The SMILES string of the molecule is O=C(NCc1cccnc1)C1CCCN(Cc2nc(-c3cccc(Cl)c3)no2)C1. The van der Waals surface area contributed by atoms with Gasteiger partial charge in [-0.05, 0) is 43.1 Å². The molecule has 1 fully saturated rings. The van der Waals surface area contributed by atoms with Crippen molar-refractivity contribution in [2.24, 2.45) is 5.92 Å². The summed E-state index contributed by atoms with van der Waals surface area (Å²) in [5.41, 5.74) is 1.81. The lowest BCUT2D eigenvalue weighted by atomic mass is 9.97. The van der Waals surface area contributed by atoms with E-state index < -0.39 is 0 Å². The number of carbonyl (C=O) groups is 1. The number of piperidine rings is 1. The Labute approximate surface area is 174 Å². The molecular formula is C21H22ClN5O2. The third-order valence-electron chi connectivity index (χ3n) is 4.98. The number of hydrogen-bond acceptors (Lipinski definition) is 6. The van der Waals surface area contributed by atoms with Crippen molar-refractivity contribution in [3.8, 4) is 11.4 Å². The number of amides is 1. The monoisotopic (exact) mass is 411 g/mol. The summed E-state index contributed by atoms with van der Waals surface area (Å²) in [7, 11) is 0. The molecule has 7 nitrogen and oxygen atoms in total. The van der Waals surface area contributed by atoms with E-state index in [9.17, 15) is 4.79 Å². The van der Waals surface area contributed by atoms with Crippen molar-refractivity contribution in [3.05, 3.63) is 65.3 Å². The largest absolute Gasteiger partial charge is 0.352 e. The number of halogens is 1. The number of aromatic nitrogens is 3. The highest BCUT2D eigenvalue weighted by atomic mass is 35.5. The highest BCUT2D eigenvalue weighted by Crippen LogP contribution is 2.22. The molecule has 29 heavy (non-hydrogen) atoms. The molecule has 2 aromatic heterocycles. The van der Waals surface area contributed by atoms with Crippen molar-refractivity contribution < 1.29 is 9.32 Å². The maximum Gasteiger partial charge on any atom is 0.241 e. The summed E-state index contributed by atoms with van der Waals surface area (Å²) in [5, 5.41) is 7.70. The number of likely N-dealkylation sites (tertiary alicyclic amines) is 1. The molecule has 0 bridgehead atoms. The second-order valence-corrected chi connectivity index (χ2v) is 7.61. The maximum atomic E-state index is 12.6. The molecule has 1 saturated heterocycles. The zero-order valence-electron chi connectivity index (χ0n) is 15.9. The average Bonchev–Trinajstić information content (AvgIpc) is 3.21. The van der Waals surface area contributed by atoms with Crippen LogP contribution in [0.25, 0.3) is 11.4 Å². The van der Waals surface area contributed by atoms with E-state index >= 15 is 0 Å². The lowest BCUT2D eigenvalue weighted by molar-refractivity contribution is -0.127. The van der Waals surface area contributed by atoms with Gasteiger partial charge in [0.1, 0.15) is 0 Å². The molecule has 3 heterocycles. The first kappa shape index (κ1) is 19.5. The second-order valence-electron chi connectivity index (χ2n) is 7.18. The Morgan fingerprint density at radius 1 is 1.31 bits per heavy atom. The van der Waals surface area contributed by atoms with Gasteiger partial charge in [0.2, 0.25) is 17.6 Å². The molecule has 0 aliphatic carbocycles. The Morgan fingerprint density at radius 3 is 3.07 bits per heavy atom. The molecule has 0 radical (unpaired) electrons. The molecule has 4 rings (SSSR count). The fourth-order valence-corrected chi connectivity index (χ4v) is 3.69. The first-order valence-electron chi connectivity index (χ1n) is 9.65. The summed E-state index contributed by atoms with van der Waals surface area (Å²) in [6.07, 6.45) is 5.33. The maximum absolute atomic E-state index is 12.6. The van der Waals surface area contributed by atoms with Crippen LogP contribution in [0.2, 0.25) is 5.02 Å². The van der Waals surface area contributed by atoms with Gasteiger partial charge < -0.3 is 9.84 Å². The number of nitrogens with zero attached hydrogens (tertiary/aromatic N) is 4. The Hall–Kier alpha value is -2.77. The Kier molecular flexibility index (Phi) is 6.17. The average molecular weight is 412 g/mol. The summed E-state index contributed by atoms with van der Waals surface area (Å²) < 4.78 is 5.41. The number of hydrogen-bond donors (Lipinski definition) is 1. The van der Waals surface area contributed by atoms with Crippen molar-refractivity contribution in [2.45, 2.75) is 25.9 Å². The lowest BCUT2D eigenvalue weighted by Gasteiger charge is -2.30. The molecule has 1 N–H and O–H groups in total. The van der Waals surface area contributed by atoms with Crippen LogP contribution in [0.15, 0.2) is 53.3 Å². The predicted octanol–water partition coefficient (Wildman–Crippen LogP) is 3.31. The van der Waals surface area contributed by atoms with Crippen LogP contribution in [-0.2, 0) is 17.9 Å². The minimum absolute atomic E-state index is 0.0456. The molecule has 1 atom stereocenters. The summed E-state index contributed by atoms with van der Waals surface area (Å²) >= 11 is 6.03. The number of rotatable bonds is 6. The smallest absolute Gasteiger partial charge is 0.241 e. The molecule has 1 aliphatic rings. The van der Waals surface area contributed by atoms with Gasteiger partial charge in [-0.2, -0.15) is 4.98 Å². The van der Waals surface area contributed by atoms with E-state index in [0.29, 0.717) is 36.4 Å². The van der Waals surface area contributed by atoms with Gasteiger partial charge in [-0.3, -0.25) is 14.7 Å². The standard InChI is InChI=1S/C21H22ClN5O2/c22-18-7-1-5-16(10-18)20-25-19(29-26-20)14-27-9-3-6-17(13-27)21(28)24-12-15-4-2-8-23-11-15/h1-2,4-5,7-8,10-11,17H,3,6,9,12-14H2,(H,24,28). The summed E-state index contributed by atoms with van der Waals surface area (Å²) in [5.74, 6) is 1.08. The van der Waals surface area contributed by atoms with Crippen molar-refractivity contribution in [2.75, 3.05) is 13.1 Å². The van der Waals surface area contributed by atoms with E-state index in [0.717, 1.165) is 30.5 Å². The van der Waals surface area contributed by atoms with Crippen LogP contribution in [-0.4, -0.2) is 39.0 Å². The van der Waals surface area contributed by atoms with Gasteiger partial charge in [-0.1, -0.05) is 35.0 Å². The molecule has 150 valence electrons. The van der Waals surface area contributed by atoms with E-state index in [1.807, 2.05) is 24.3 Å². The summed E-state index contributed by atoms with van der Waals surface area (Å²) in [6, 6.07) is 11.2. The normalized spacial score (nSPS) is 17.2. The molecule has 1 aromatic carbocycles. The fraction of sp³-hybridized carbons (Fsp3) is 0.333. The van der Waals surface area contributed by atoms with E-state index in [4.69, 9.17) is 16.1 Å². The van der Waals surface area contributed by atoms with E-state index in [1.165, 1.54) is 0 Å². The van der Waals surface area contributed by atoms with Gasteiger partial charge in [0.25, 0.3) is 0 Å². The first-order valence-corrected chi connectivity index (χ1v) is 10.0. The van der Waals surface area contributed by atoms with Gasteiger partial charge in [0.15, 0.2) is 0 Å². The molecule has 8 heteroatoms. The Morgan fingerprint density at radius 2 is 2.24 bits per heavy atom. The summed E-state index contributed by atoms with van der Waals surface area (Å²) in [4.78, 5) is 23.3. The molecule has 1 amide bonds. The number of carbonyl (C=O) groups excluding carboxylic acids is 1. The highest BCUT2D eigenvalue weighted by molar-refractivity contribution is 6.30. The predicted molar refractivity (Wildman–Crippen MR) is 109 cm³/mol. The molecule has 0 spiro atoms. The van der Waals surface area contributed by atoms with Gasteiger partial charge >= 0.3 is 0 Å². The molecule has 1 unspecified atom stereocenters. The number of nitrogens with one attached hydrogen (secondary N) is 1. The third kappa shape index (κ3) is 5.19. The van der Waals surface area contributed by atoms with Crippen LogP contribution >= 0.6 is 11.6 Å². The quantitative estimate of drug-likeness (QED) is 0.669. The van der Waals surface area contributed by atoms with Gasteiger partial charge in [-0.25, -0.2) is 0 Å². The topological polar surface area (TPSA) is 84.2 Å².